The summed E-state index contributed by atoms with van der Waals surface area (Å²) in [6.07, 6.45) is 1.76. The summed E-state index contributed by atoms with van der Waals surface area (Å²) < 4.78 is 13.4. The number of carbonyl (C=O) groups is 1. The molecule has 0 radical (unpaired) electrons. The average molecular weight is 270 g/mol. The molecule has 0 atom stereocenters. The standard InChI is InChI=1S/C12H6Cl2FNO/c13-9-1-7(2-10(14)4-9)8-3-11(15)12(6-17)16-5-8/h1-6H. The molecule has 0 bridgehead atoms. The zero-order valence-corrected chi connectivity index (χ0v) is 9.97. The fraction of sp³-hybridized carbons (Fsp3) is 0. The monoisotopic (exact) mass is 269 g/mol. The van der Waals surface area contributed by atoms with Gasteiger partial charge in [0.05, 0.1) is 0 Å². The van der Waals surface area contributed by atoms with E-state index in [0.29, 0.717) is 27.5 Å². The number of aromatic nitrogens is 1. The SMILES string of the molecule is O=Cc1ncc(-c2cc(Cl)cc(Cl)c2)cc1F. The summed E-state index contributed by atoms with van der Waals surface area (Å²) in [5, 5.41) is 0.903. The van der Waals surface area contributed by atoms with E-state index in [1.54, 1.807) is 18.2 Å². The van der Waals surface area contributed by atoms with Crippen molar-refractivity contribution in [1.82, 2.24) is 4.98 Å². The molecular formula is C12H6Cl2FNO. The molecule has 0 aliphatic heterocycles. The lowest BCUT2D eigenvalue weighted by Crippen LogP contribution is -1.93. The first-order valence-electron chi connectivity index (χ1n) is 4.67. The van der Waals surface area contributed by atoms with Gasteiger partial charge in [-0.25, -0.2) is 9.37 Å². The minimum atomic E-state index is -0.673. The van der Waals surface area contributed by atoms with E-state index in [2.05, 4.69) is 4.98 Å². The predicted octanol–water partition coefficient (Wildman–Crippen LogP) is 4.01. The van der Waals surface area contributed by atoms with Crippen LogP contribution in [0.1, 0.15) is 10.5 Å². The topological polar surface area (TPSA) is 30.0 Å². The molecule has 0 N–H and O–H groups in total. The molecule has 5 heteroatoms. The molecule has 0 unspecified atom stereocenters. The third-order valence-electron chi connectivity index (χ3n) is 2.18. The van der Waals surface area contributed by atoms with Crippen LogP contribution in [0.15, 0.2) is 30.5 Å². The second kappa shape index (κ2) is 4.82. The summed E-state index contributed by atoms with van der Waals surface area (Å²) in [5.74, 6) is -0.673. The Morgan fingerprint density at radius 2 is 1.71 bits per heavy atom. The lowest BCUT2D eigenvalue weighted by molar-refractivity contribution is 0.111. The molecule has 0 saturated carbocycles. The Morgan fingerprint density at radius 3 is 2.24 bits per heavy atom. The highest BCUT2D eigenvalue weighted by molar-refractivity contribution is 6.35. The Balaban J connectivity index is 2.53. The lowest BCUT2D eigenvalue weighted by atomic mass is 10.1. The van der Waals surface area contributed by atoms with Gasteiger partial charge in [-0.05, 0) is 29.8 Å². The van der Waals surface area contributed by atoms with Crippen LogP contribution in [-0.4, -0.2) is 11.3 Å². The molecule has 86 valence electrons. The Labute approximate surface area is 107 Å². The van der Waals surface area contributed by atoms with Crippen molar-refractivity contribution in [2.24, 2.45) is 0 Å². The molecule has 17 heavy (non-hydrogen) atoms. The normalized spacial score (nSPS) is 10.3. The molecule has 1 aromatic carbocycles. The van der Waals surface area contributed by atoms with Gasteiger partial charge in [0.15, 0.2) is 12.1 Å². The third kappa shape index (κ3) is 2.62. The maximum absolute atomic E-state index is 13.4. The second-order valence-electron chi connectivity index (χ2n) is 3.37. The molecule has 0 aliphatic carbocycles. The zero-order valence-electron chi connectivity index (χ0n) is 8.45. The minimum absolute atomic E-state index is 0.220. The van der Waals surface area contributed by atoms with Crippen molar-refractivity contribution in [3.63, 3.8) is 0 Å². The zero-order chi connectivity index (χ0) is 12.4. The smallest absolute Gasteiger partial charge is 0.171 e. The highest BCUT2D eigenvalue weighted by Gasteiger charge is 2.07. The van der Waals surface area contributed by atoms with Crippen molar-refractivity contribution < 1.29 is 9.18 Å². The van der Waals surface area contributed by atoms with Crippen LogP contribution in [0.3, 0.4) is 0 Å². The summed E-state index contributed by atoms with van der Waals surface area (Å²) >= 11 is 11.7. The van der Waals surface area contributed by atoms with Crippen molar-refractivity contribution in [2.45, 2.75) is 0 Å². The maximum atomic E-state index is 13.4. The molecule has 2 aromatic rings. The summed E-state index contributed by atoms with van der Waals surface area (Å²) in [6, 6.07) is 6.09. The van der Waals surface area contributed by atoms with Crippen LogP contribution in [0.5, 0.6) is 0 Å². The van der Waals surface area contributed by atoms with Crippen LogP contribution in [-0.2, 0) is 0 Å². The Kier molecular flexibility index (Phi) is 3.41. The molecule has 0 fully saturated rings. The molecule has 0 aliphatic rings. The first kappa shape index (κ1) is 12.0. The number of aldehydes is 1. The van der Waals surface area contributed by atoms with Gasteiger partial charge in [0.2, 0.25) is 0 Å². The first-order chi connectivity index (χ1) is 8.10. The van der Waals surface area contributed by atoms with E-state index in [9.17, 15) is 9.18 Å². The van der Waals surface area contributed by atoms with E-state index in [1.165, 1.54) is 12.3 Å². The summed E-state index contributed by atoms with van der Waals surface area (Å²) in [5.41, 5.74) is 0.936. The Morgan fingerprint density at radius 1 is 1.06 bits per heavy atom. The molecule has 2 rings (SSSR count). The summed E-state index contributed by atoms with van der Waals surface area (Å²) in [6.45, 7) is 0. The number of hydrogen-bond acceptors (Lipinski definition) is 2. The van der Waals surface area contributed by atoms with Gasteiger partial charge in [-0.2, -0.15) is 0 Å². The third-order valence-corrected chi connectivity index (χ3v) is 2.61. The van der Waals surface area contributed by atoms with E-state index in [0.717, 1.165) is 0 Å². The fourth-order valence-corrected chi connectivity index (χ4v) is 1.94. The van der Waals surface area contributed by atoms with E-state index >= 15 is 0 Å². The summed E-state index contributed by atoms with van der Waals surface area (Å²) in [7, 11) is 0. The first-order valence-corrected chi connectivity index (χ1v) is 5.43. The van der Waals surface area contributed by atoms with Crippen molar-refractivity contribution in [3.05, 3.63) is 52.0 Å². The van der Waals surface area contributed by atoms with Crippen LogP contribution >= 0.6 is 23.2 Å². The van der Waals surface area contributed by atoms with Gasteiger partial charge >= 0.3 is 0 Å². The van der Waals surface area contributed by atoms with E-state index in [-0.39, 0.29) is 5.69 Å². The Bertz CT molecular complexity index is 566. The van der Waals surface area contributed by atoms with Gasteiger partial charge in [-0.1, -0.05) is 23.2 Å². The molecule has 0 spiro atoms. The predicted molar refractivity (Wildman–Crippen MR) is 65.0 cm³/mol. The Hall–Kier alpha value is -1.45. The lowest BCUT2D eigenvalue weighted by Gasteiger charge is -2.04. The van der Waals surface area contributed by atoms with Crippen LogP contribution < -0.4 is 0 Å². The van der Waals surface area contributed by atoms with Gasteiger partial charge in [0.25, 0.3) is 0 Å². The van der Waals surface area contributed by atoms with Gasteiger partial charge in [0, 0.05) is 21.8 Å². The molecule has 0 saturated heterocycles. The van der Waals surface area contributed by atoms with Crippen molar-refractivity contribution >= 4 is 29.5 Å². The van der Waals surface area contributed by atoms with Crippen LogP contribution in [0.2, 0.25) is 10.0 Å². The van der Waals surface area contributed by atoms with Crippen LogP contribution in [0.25, 0.3) is 11.1 Å². The molecular weight excluding hydrogens is 264 g/mol. The largest absolute Gasteiger partial charge is 0.296 e. The molecule has 2 nitrogen and oxygen atoms in total. The number of benzene rings is 1. The van der Waals surface area contributed by atoms with Gasteiger partial charge < -0.3 is 0 Å². The molecule has 1 aromatic heterocycles. The second-order valence-corrected chi connectivity index (χ2v) is 4.24. The highest BCUT2D eigenvalue weighted by Crippen LogP contribution is 2.27. The van der Waals surface area contributed by atoms with Crippen molar-refractivity contribution in [1.29, 1.82) is 0 Å². The van der Waals surface area contributed by atoms with E-state index < -0.39 is 5.82 Å². The fourth-order valence-electron chi connectivity index (χ4n) is 1.41. The average Bonchev–Trinajstić information content (AvgIpc) is 2.27. The number of rotatable bonds is 2. The van der Waals surface area contributed by atoms with Crippen molar-refractivity contribution in [3.8, 4) is 11.1 Å². The number of nitrogens with zero attached hydrogens (tertiary/aromatic N) is 1. The number of pyridine rings is 1. The van der Waals surface area contributed by atoms with E-state index in [1.807, 2.05) is 0 Å². The number of halogens is 3. The maximum Gasteiger partial charge on any atom is 0.171 e. The molecule has 0 amide bonds. The highest BCUT2D eigenvalue weighted by atomic mass is 35.5. The summed E-state index contributed by atoms with van der Waals surface area (Å²) in [4.78, 5) is 14.1. The number of hydrogen-bond donors (Lipinski definition) is 0. The number of carbonyl (C=O) groups excluding carboxylic acids is 1. The van der Waals surface area contributed by atoms with Gasteiger partial charge in [0.1, 0.15) is 5.69 Å². The van der Waals surface area contributed by atoms with Gasteiger partial charge in [-0.3, -0.25) is 4.79 Å². The molecule has 1 heterocycles. The van der Waals surface area contributed by atoms with Crippen LogP contribution in [0, 0.1) is 5.82 Å². The van der Waals surface area contributed by atoms with Crippen LogP contribution in [0.4, 0.5) is 4.39 Å². The quantitative estimate of drug-likeness (QED) is 0.772. The van der Waals surface area contributed by atoms with Crippen molar-refractivity contribution in [2.75, 3.05) is 0 Å². The minimum Gasteiger partial charge on any atom is -0.296 e. The van der Waals surface area contributed by atoms with Gasteiger partial charge in [-0.15, -0.1) is 0 Å². The van der Waals surface area contributed by atoms with E-state index in [4.69, 9.17) is 23.2 Å².